The van der Waals surface area contributed by atoms with E-state index in [1.54, 1.807) is 0 Å². The predicted molar refractivity (Wildman–Crippen MR) is 71.9 cm³/mol. The van der Waals surface area contributed by atoms with Crippen LogP contribution in [0.5, 0.6) is 5.75 Å². The van der Waals surface area contributed by atoms with Crippen LogP contribution in [-0.4, -0.2) is 11.9 Å². The second kappa shape index (κ2) is 5.71. The molecule has 1 rings (SSSR count). The highest BCUT2D eigenvalue weighted by Gasteiger charge is 2.12. The van der Waals surface area contributed by atoms with E-state index in [1.165, 1.54) is 11.1 Å². The zero-order valence-electron chi connectivity index (χ0n) is 11.1. The molecule has 1 aromatic rings. The number of ether oxygens (including phenoxy) is 1. The van der Waals surface area contributed by atoms with Gasteiger partial charge in [0.1, 0.15) is 11.9 Å². The predicted octanol–water partition coefficient (Wildman–Crippen LogP) is 3.10. The van der Waals surface area contributed by atoms with Crippen LogP contribution >= 0.6 is 0 Å². The molecule has 0 radical (unpaired) electrons. The van der Waals surface area contributed by atoms with Gasteiger partial charge in [0.25, 0.3) is 0 Å². The van der Waals surface area contributed by atoms with Crippen molar-refractivity contribution in [2.75, 3.05) is 0 Å². The number of amidine groups is 1. The fraction of sp³-hybridized carbons (Fsp3) is 0.500. The lowest BCUT2D eigenvalue weighted by Crippen LogP contribution is -2.24. The van der Waals surface area contributed by atoms with Crippen LogP contribution in [0.2, 0.25) is 0 Å². The third-order valence-electron chi connectivity index (χ3n) is 2.96. The Labute approximate surface area is 103 Å². The zero-order valence-corrected chi connectivity index (χ0v) is 11.1. The Hall–Kier alpha value is -1.51. The normalized spacial score (nSPS) is 12.2. The van der Waals surface area contributed by atoms with Crippen LogP contribution in [0, 0.1) is 26.2 Å². The smallest absolute Gasteiger partial charge is 0.123 e. The molecule has 0 bridgehead atoms. The average molecular weight is 234 g/mol. The third kappa shape index (κ3) is 3.77. The topological polar surface area (TPSA) is 59.1 Å². The maximum absolute atomic E-state index is 7.33. The first-order valence-corrected chi connectivity index (χ1v) is 6.01. The van der Waals surface area contributed by atoms with Gasteiger partial charge in [-0.05, 0) is 49.9 Å². The van der Waals surface area contributed by atoms with Crippen molar-refractivity contribution in [3.8, 4) is 5.75 Å². The van der Waals surface area contributed by atoms with Crippen LogP contribution in [0.15, 0.2) is 12.1 Å². The van der Waals surface area contributed by atoms with Crippen LogP contribution in [0.4, 0.5) is 0 Å². The van der Waals surface area contributed by atoms with Gasteiger partial charge < -0.3 is 10.5 Å². The summed E-state index contributed by atoms with van der Waals surface area (Å²) >= 11 is 0. The fourth-order valence-electron chi connectivity index (χ4n) is 1.82. The number of benzene rings is 1. The lowest BCUT2D eigenvalue weighted by Gasteiger charge is -2.19. The molecule has 3 nitrogen and oxygen atoms in total. The van der Waals surface area contributed by atoms with Gasteiger partial charge in [-0.3, -0.25) is 5.41 Å². The van der Waals surface area contributed by atoms with Crippen LogP contribution < -0.4 is 10.5 Å². The fourth-order valence-corrected chi connectivity index (χ4v) is 1.82. The summed E-state index contributed by atoms with van der Waals surface area (Å²) in [4.78, 5) is 0. The highest BCUT2D eigenvalue weighted by atomic mass is 16.5. The highest BCUT2D eigenvalue weighted by Crippen LogP contribution is 2.25. The minimum atomic E-state index is -0.00704. The summed E-state index contributed by atoms with van der Waals surface area (Å²) in [6.07, 6.45) is 1.34. The second-order valence-corrected chi connectivity index (χ2v) is 4.58. The monoisotopic (exact) mass is 234 g/mol. The molecule has 0 fully saturated rings. The molecule has 0 aromatic heterocycles. The van der Waals surface area contributed by atoms with E-state index in [4.69, 9.17) is 15.9 Å². The minimum Gasteiger partial charge on any atom is -0.490 e. The molecule has 0 aliphatic heterocycles. The van der Waals surface area contributed by atoms with Crippen molar-refractivity contribution in [3.63, 3.8) is 0 Å². The highest BCUT2D eigenvalue weighted by molar-refractivity contribution is 5.77. The maximum Gasteiger partial charge on any atom is 0.123 e. The van der Waals surface area contributed by atoms with Gasteiger partial charge in [-0.1, -0.05) is 13.0 Å². The minimum absolute atomic E-state index is 0.00704. The van der Waals surface area contributed by atoms with E-state index in [9.17, 15) is 0 Å². The Morgan fingerprint density at radius 2 is 2.00 bits per heavy atom. The Bertz CT molecular complexity index is 413. The van der Waals surface area contributed by atoms with Gasteiger partial charge >= 0.3 is 0 Å². The molecule has 0 spiro atoms. The first-order valence-electron chi connectivity index (χ1n) is 6.01. The summed E-state index contributed by atoms with van der Waals surface area (Å²) < 4.78 is 5.95. The van der Waals surface area contributed by atoms with Gasteiger partial charge in [-0.15, -0.1) is 0 Å². The third-order valence-corrected chi connectivity index (χ3v) is 2.96. The molecule has 0 aliphatic rings. The Balaban J connectivity index is 2.89. The average Bonchev–Trinajstić information content (AvgIpc) is 2.23. The maximum atomic E-state index is 7.33. The molecule has 1 aromatic carbocycles. The van der Waals surface area contributed by atoms with Crippen LogP contribution in [0.25, 0.3) is 0 Å². The van der Waals surface area contributed by atoms with Crippen LogP contribution in [-0.2, 0) is 0 Å². The number of nitrogens with two attached hydrogens (primary N) is 1. The van der Waals surface area contributed by atoms with E-state index in [1.807, 2.05) is 13.0 Å². The summed E-state index contributed by atoms with van der Waals surface area (Å²) in [6.45, 7) is 8.25. The van der Waals surface area contributed by atoms with E-state index >= 15 is 0 Å². The number of nitrogens with one attached hydrogen (secondary N) is 1. The molecule has 17 heavy (non-hydrogen) atoms. The molecular weight excluding hydrogens is 212 g/mol. The van der Waals surface area contributed by atoms with Crippen molar-refractivity contribution in [2.45, 2.75) is 46.6 Å². The first-order chi connectivity index (χ1) is 7.93. The molecule has 0 amide bonds. The van der Waals surface area contributed by atoms with Crippen molar-refractivity contribution >= 4 is 5.84 Å². The van der Waals surface area contributed by atoms with Crippen molar-refractivity contribution in [2.24, 2.45) is 5.73 Å². The van der Waals surface area contributed by atoms with E-state index in [0.717, 1.165) is 17.7 Å². The molecule has 0 saturated carbocycles. The van der Waals surface area contributed by atoms with Gasteiger partial charge in [-0.2, -0.15) is 0 Å². The van der Waals surface area contributed by atoms with Crippen molar-refractivity contribution in [3.05, 3.63) is 28.8 Å². The second-order valence-electron chi connectivity index (χ2n) is 4.58. The zero-order chi connectivity index (χ0) is 13.0. The van der Waals surface area contributed by atoms with Crippen molar-refractivity contribution in [1.82, 2.24) is 0 Å². The molecular formula is C14H22N2O. The van der Waals surface area contributed by atoms with Gasteiger partial charge in [-0.25, -0.2) is 0 Å². The van der Waals surface area contributed by atoms with E-state index in [2.05, 4.69) is 26.8 Å². The van der Waals surface area contributed by atoms with Crippen LogP contribution in [0.3, 0.4) is 0 Å². The SMILES string of the molecule is CCC(CC(=N)N)Oc1cc(C)cc(C)c1C. The Morgan fingerprint density at radius 3 is 2.53 bits per heavy atom. The lowest BCUT2D eigenvalue weighted by atomic mass is 10.1. The summed E-state index contributed by atoms with van der Waals surface area (Å²) in [6, 6.07) is 4.19. The number of rotatable bonds is 5. The number of aryl methyl sites for hydroxylation is 2. The number of hydrogen-bond donors (Lipinski definition) is 2. The van der Waals surface area contributed by atoms with Crippen molar-refractivity contribution in [1.29, 1.82) is 5.41 Å². The first kappa shape index (κ1) is 13.6. The van der Waals surface area contributed by atoms with Crippen LogP contribution in [0.1, 0.15) is 36.5 Å². The van der Waals surface area contributed by atoms with Gasteiger partial charge in [0.05, 0.1) is 5.84 Å². The standard InChI is InChI=1S/C14H22N2O/c1-5-12(8-14(15)16)17-13-7-9(2)6-10(3)11(13)4/h6-7,12H,5,8H2,1-4H3,(H3,15,16). The molecule has 0 heterocycles. The molecule has 0 saturated heterocycles. The van der Waals surface area contributed by atoms with E-state index in [-0.39, 0.29) is 11.9 Å². The van der Waals surface area contributed by atoms with Gasteiger partial charge in [0.15, 0.2) is 0 Å². The Morgan fingerprint density at radius 1 is 1.35 bits per heavy atom. The Kier molecular flexibility index (Phi) is 4.55. The molecule has 3 N–H and O–H groups in total. The molecule has 1 unspecified atom stereocenters. The quantitative estimate of drug-likeness (QED) is 0.607. The van der Waals surface area contributed by atoms with Gasteiger partial charge in [0.2, 0.25) is 0 Å². The lowest BCUT2D eigenvalue weighted by molar-refractivity contribution is 0.203. The summed E-state index contributed by atoms with van der Waals surface area (Å²) in [5, 5.41) is 7.33. The largest absolute Gasteiger partial charge is 0.490 e. The molecule has 3 heteroatoms. The molecule has 94 valence electrons. The van der Waals surface area contributed by atoms with Gasteiger partial charge in [0, 0.05) is 6.42 Å². The van der Waals surface area contributed by atoms with E-state index < -0.39 is 0 Å². The number of hydrogen-bond acceptors (Lipinski definition) is 2. The molecule has 0 aliphatic carbocycles. The molecule has 1 atom stereocenters. The summed E-state index contributed by atoms with van der Waals surface area (Å²) in [5.74, 6) is 1.09. The summed E-state index contributed by atoms with van der Waals surface area (Å²) in [5.41, 5.74) is 9.02. The van der Waals surface area contributed by atoms with Crippen molar-refractivity contribution < 1.29 is 4.74 Å². The summed E-state index contributed by atoms with van der Waals surface area (Å²) in [7, 11) is 0. The van der Waals surface area contributed by atoms with E-state index in [0.29, 0.717) is 6.42 Å².